The molecule has 1 aliphatic rings. The number of aliphatic hydroxyl groups is 3. The Kier molecular flexibility index (Phi) is 30.4. The van der Waals surface area contributed by atoms with E-state index in [1.165, 1.54) is 70.6 Å². The van der Waals surface area contributed by atoms with Crippen LogP contribution < -0.4 is 5.32 Å². The van der Waals surface area contributed by atoms with Crippen molar-refractivity contribution in [3.05, 3.63) is 24.3 Å². The smallest absolute Gasteiger partial charge is 0.392 e. The highest BCUT2D eigenvalue weighted by molar-refractivity contribution is 7.47. The van der Waals surface area contributed by atoms with Gasteiger partial charge in [0.25, 0.3) is 0 Å². The maximum atomic E-state index is 13.0. The lowest BCUT2D eigenvalue weighted by atomic mass is 9.88. The van der Waals surface area contributed by atoms with Crippen LogP contribution in [-0.4, -0.2) is 102 Å². The zero-order valence-electron chi connectivity index (χ0n) is 36.8. The van der Waals surface area contributed by atoms with Gasteiger partial charge in [-0.3, -0.25) is 18.6 Å². The molecule has 1 fully saturated rings. The number of carbonyl (C=O) groups is 2. The lowest BCUT2D eigenvalue weighted by Gasteiger charge is -2.25. The Bertz CT molecular complexity index is 1140. The van der Waals surface area contributed by atoms with Crippen molar-refractivity contribution in [1.29, 1.82) is 0 Å². The van der Waals surface area contributed by atoms with E-state index < -0.39 is 32.2 Å². The molecule has 11 nitrogen and oxygen atoms in total. The zero-order chi connectivity index (χ0) is 42.4. The third kappa shape index (κ3) is 28.6. The first-order chi connectivity index (χ1) is 27.2. The summed E-state index contributed by atoms with van der Waals surface area (Å²) in [5, 5.41) is 34.6. The molecule has 0 saturated heterocycles. The molecule has 5 N–H and O–H groups in total. The standard InChI is InChI=1S/C45H85N2O9P/c1-6-8-10-11-12-13-14-15-16-17-18-19-20-21-26-30-42(49)41(37-56-57(53,54)55-35-34-47(3,4)5)46-45(52)31-27-23-22-25-29-39-40(44(51)36-43(39)50)33-32-38(48)28-24-9-7-2/h26,30,32-33,38-42,44,48-49,51H,6-25,27-29,31,34-37H2,1-5H3,(H-,46,52,53,54)/p+1/b30-26+,33-32+/t38-,39+,40+,41-,42+,44+/m0/s1. The fourth-order valence-corrected chi connectivity index (χ4v) is 8.08. The van der Waals surface area contributed by atoms with Gasteiger partial charge in [0.2, 0.25) is 5.91 Å². The molecule has 1 saturated carbocycles. The molecule has 57 heavy (non-hydrogen) atoms. The van der Waals surface area contributed by atoms with Gasteiger partial charge in [-0.15, -0.1) is 0 Å². The third-order valence-corrected chi connectivity index (χ3v) is 12.0. The molecule has 7 atom stereocenters. The monoisotopic (exact) mass is 830 g/mol. The number of quaternary nitrogens is 1. The van der Waals surface area contributed by atoms with Crippen LogP contribution in [0, 0.1) is 11.8 Å². The third-order valence-electron chi connectivity index (χ3n) is 11.1. The lowest BCUT2D eigenvalue weighted by Crippen LogP contribution is -2.45. The number of phosphoric ester groups is 1. The van der Waals surface area contributed by atoms with Crippen LogP contribution in [0.5, 0.6) is 0 Å². The summed E-state index contributed by atoms with van der Waals surface area (Å²) in [5.74, 6) is -0.770. The van der Waals surface area contributed by atoms with Crippen molar-refractivity contribution in [1.82, 2.24) is 5.32 Å². The second-order valence-electron chi connectivity index (χ2n) is 17.6. The number of phosphoric acid groups is 1. The predicted molar refractivity (Wildman–Crippen MR) is 232 cm³/mol. The van der Waals surface area contributed by atoms with Gasteiger partial charge in [-0.1, -0.05) is 154 Å². The molecule has 0 spiro atoms. The molecule has 1 aliphatic carbocycles. The van der Waals surface area contributed by atoms with Gasteiger partial charge >= 0.3 is 7.82 Å². The van der Waals surface area contributed by atoms with Crippen LogP contribution in [0.4, 0.5) is 0 Å². The van der Waals surface area contributed by atoms with Gasteiger partial charge in [0.15, 0.2) is 0 Å². The number of aliphatic hydroxyl groups excluding tert-OH is 3. The Balaban J connectivity index is 2.53. The van der Waals surface area contributed by atoms with E-state index >= 15 is 0 Å². The SMILES string of the molecule is CCCCCCCCCCCCCCC/C=C/[C@@H](O)[C@H](COP(=O)(O)OCC[N+](C)(C)C)NC(=O)CCCCCC[C@H]1C(=O)C[C@@H](O)[C@@H]1/C=C/[C@@H](O)CCCCC. The first-order valence-corrected chi connectivity index (χ1v) is 24.3. The number of allylic oxidation sites excluding steroid dienone is 1. The summed E-state index contributed by atoms with van der Waals surface area (Å²) < 4.78 is 23.5. The summed E-state index contributed by atoms with van der Waals surface area (Å²) in [7, 11) is 1.43. The number of likely N-dealkylation sites (N-methyl/N-ethyl adjacent to an activating group) is 1. The lowest BCUT2D eigenvalue weighted by molar-refractivity contribution is -0.870. The van der Waals surface area contributed by atoms with Crippen LogP contribution in [0.1, 0.15) is 174 Å². The predicted octanol–water partition coefficient (Wildman–Crippen LogP) is 9.11. The van der Waals surface area contributed by atoms with Crippen LogP contribution >= 0.6 is 7.82 Å². The molecule has 1 rings (SSSR count). The van der Waals surface area contributed by atoms with Gasteiger partial charge in [-0.05, 0) is 32.1 Å². The molecule has 0 radical (unpaired) electrons. The normalized spacial score (nSPS) is 20.4. The van der Waals surface area contributed by atoms with E-state index in [4.69, 9.17) is 9.05 Å². The number of Topliss-reactive ketones (excluding diaryl/α,β-unsaturated/α-hetero) is 1. The maximum absolute atomic E-state index is 13.0. The van der Waals surface area contributed by atoms with E-state index in [0.29, 0.717) is 30.3 Å². The quantitative estimate of drug-likeness (QED) is 0.0178. The summed E-state index contributed by atoms with van der Waals surface area (Å²) >= 11 is 0. The van der Waals surface area contributed by atoms with E-state index in [2.05, 4.69) is 19.2 Å². The van der Waals surface area contributed by atoms with Gasteiger partial charge in [-0.2, -0.15) is 0 Å². The Hall–Kier alpha value is -1.43. The summed E-state index contributed by atoms with van der Waals surface area (Å²) in [4.78, 5) is 35.9. The number of amides is 1. The molecular formula is C45H86N2O9P+. The van der Waals surface area contributed by atoms with Gasteiger partial charge in [-0.25, -0.2) is 4.57 Å². The van der Waals surface area contributed by atoms with Crippen molar-refractivity contribution in [2.24, 2.45) is 11.8 Å². The molecule has 1 unspecified atom stereocenters. The van der Waals surface area contributed by atoms with Gasteiger partial charge < -0.3 is 30.0 Å². The average Bonchev–Trinajstić information content (AvgIpc) is 3.42. The van der Waals surface area contributed by atoms with Gasteiger partial charge in [0.1, 0.15) is 18.9 Å². The van der Waals surface area contributed by atoms with Crippen LogP contribution in [-0.2, 0) is 23.2 Å². The van der Waals surface area contributed by atoms with Crippen molar-refractivity contribution in [3.63, 3.8) is 0 Å². The van der Waals surface area contributed by atoms with Crippen LogP contribution in [0.2, 0.25) is 0 Å². The Morgan fingerprint density at radius 1 is 0.825 bits per heavy atom. The number of hydrogen-bond acceptors (Lipinski definition) is 8. The number of nitrogens with one attached hydrogen (secondary N) is 1. The molecular weight excluding hydrogens is 743 g/mol. The van der Waals surface area contributed by atoms with E-state index in [9.17, 15) is 34.4 Å². The summed E-state index contributed by atoms with van der Waals surface area (Å²) in [6.07, 6.45) is 29.9. The van der Waals surface area contributed by atoms with E-state index in [1.54, 1.807) is 12.2 Å². The Labute approximate surface area is 347 Å². The number of unbranched alkanes of at least 4 members (excludes halogenated alkanes) is 18. The fraction of sp³-hybridized carbons (Fsp3) is 0.867. The van der Waals surface area contributed by atoms with Gasteiger partial charge in [0.05, 0.1) is 52.1 Å². The van der Waals surface area contributed by atoms with Gasteiger partial charge in [0, 0.05) is 24.7 Å². The molecule has 12 heteroatoms. The fourth-order valence-electron chi connectivity index (χ4n) is 7.35. The van der Waals surface area contributed by atoms with E-state index in [-0.39, 0.29) is 49.6 Å². The molecule has 0 heterocycles. The Morgan fingerprint density at radius 2 is 1.39 bits per heavy atom. The molecule has 334 valence electrons. The van der Waals surface area contributed by atoms with Crippen LogP contribution in [0.15, 0.2) is 24.3 Å². The number of carbonyl (C=O) groups excluding carboxylic acids is 2. The van der Waals surface area contributed by atoms with Crippen molar-refractivity contribution >= 4 is 19.5 Å². The second kappa shape index (κ2) is 32.4. The summed E-state index contributed by atoms with van der Waals surface area (Å²) in [6, 6.07) is -0.933. The molecule has 1 amide bonds. The van der Waals surface area contributed by atoms with Crippen molar-refractivity contribution in [3.8, 4) is 0 Å². The van der Waals surface area contributed by atoms with Crippen LogP contribution in [0.3, 0.4) is 0 Å². The number of nitrogens with zero attached hydrogens (tertiary/aromatic N) is 1. The Morgan fingerprint density at radius 3 is 2.00 bits per heavy atom. The molecule has 0 aliphatic heterocycles. The summed E-state index contributed by atoms with van der Waals surface area (Å²) in [6.45, 7) is 4.50. The van der Waals surface area contributed by atoms with E-state index in [1.807, 2.05) is 33.3 Å². The van der Waals surface area contributed by atoms with Crippen molar-refractivity contribution in [2.75, 3.05) is 40.9 Å². The average molecular weight is 830 g/mol. The van der Waals surface area contributed by atoms with Crippen molar-refractivity contribution in [2.45, 2.75) is 199 Å². The number of ketones is 1. The highest BCUT2D eigenvalue weighted by Gasteiger charge is 2.39. The number of rotatable bonds is 37. The number of hydrogen-bond donors (Lipinski definition) is 5. The maximum Gasteiger partial charge on any atom is 0.472 e. The molecule has 0 aromatic carbocycles. The topological polar surface area (TPSA) is 163 Å². The second-order valence-corrected chi connectivity index (χ2v) is 19.0. The molecule has 0 aromatic heterocycles. The minimum atomic E-state index is -4.40. The van der Waals surface area contributed by atoms with Crippen LogP contribution in [0.25, 0.3) is 0 Å². The highest BCUT2D eigenvalue weighted by Crippen LogP contribution is 2.43. The first kappa shape index (κ1) is 53.6. The minimum absolute atomic E-state index is 0.0188. The summed E-state index contributed by atoms with van der Waals surface area (Å²) in [5.41, 5.74) is 0. The first-order valence-electron chi connectivity index (χ1n) is 22.8. The van der Waals surface area contributed by atoms with Crippen molar-refractivity contribution < 1.29 is 47.9 Å². The minimum Gasteiger partial charge on any atom is -0.392 e. The van der Waals surface area contributed by atoms with E-state index in [0.717, 1.165) is 57.8 Å². The zero-order valence-corrected chi connectivity index (χ0v) is 37.7. The highest BCUT2D eigenvalue weighted by atomic mass is 31.2. The molecule has 0 bridgehead atoms. The largest absolute Gasteiger partial charge is 0.472 e. The molecule has 0 aromatic rings.